The minimum atomic E-state index is -0.165. The summed E-state index contributed by atoms with van der Waals surface area (Å²) in [6.45, 7) is 8.04. The van der Waals surface area contributed by atoms with Crippen LogP contribution in [0.3, 0.4) is 0 Å². The Labute approximate surface area is 105 Å². The maximum atomic E-state index is 11.6. The molecular formula is C16H22O. The molecule has 0 saturated heterocycles. The molecule has 1 heteroatoms. The molecule has 0 aliphatic rings. The van der Waals surface area contributed by atoms with Crippen LogP contribution in [-0.4, -0.2) is 5.78 Å². The molecule has 0 unspecified atom stereocenters. The van der Waals surface area contributed by atoms with Gasteiger partial charge in [0.15, 0.2) is 0 Å². The zero-order valence-corrected chi connectivity index (χ0v) is 11.2. The fourth-order valence-electron chi connectivity index (χ4n) is 2.44. The second kappa shape index (κ2) is 5.81. The summed E-state index contributed by atoms with van der Waals surface area (Å²) in [6.07, 6.45) is 4.79. The van der Waals surface area contributed by atoms with E-state index in [0.717, 1.165) is 0 Å². The monoisotopic (exact) mass is 230 g/mol. The molecule has 1 atom stereocenters. The summed E-state index contributed by atoms with van der Waals surface area (Å²) in [5, 5.41) is 0. The van der Waals surface area contributed by atoms with E-state index in [9.17, 15) is 4.79 Å². The van der Waals surface area contributed by atoms with Crippen molar-refractivity contribution in [1.29, 1.82) is 0 Å². The van der Waals surface area contributed by atoms with Crippen molar-refractivity contribution in [3.63, 3.8) is 0 Å². The SMILES string of the molecule is C/C=C/[C@@](CC(C)=O)(c1ccccc1)C(C)C. The van der Waals surface area contributed by atoms with Crippen molar-refractivity contribution < 1.29 is 4.79 Å². The van der Waals surface area contributed by atoms with Crippen LogP contribution in [0.15, 0.2) is 42.5 Å². The Morgan fingerprint density at radius 3 is 2.29 bits per heavy atom. The Kier molecular flexibility index (Phi) is 4.68. The average Bonchev–Trinajstić information content (AvgIpc) is 2.28. The quantitative estimate of drug-likeness (QED) is 0.695. The van der Waals surface area contributed by atoms with E-state index in [1.807, 2.05) is 25.1 Å². The van der Waals surface area contributed by atoms with Gasteiger partial charge in [0, 0.05) is 11.8 Å². The molecule has 0 heterocycles. The number of benzene rings is 1. The molecular weight excluding hydrogens is 208 g/mol. The van der Waals surface area contributed by atoms with Gasteiger partial charge in [-0.1, -0.05) is 56.3 Å². The first kappa shape index (κ1) is 13.7. The van der Waals surface area contributed by atoms with E-state index in [2.05, 4.69) is 38.1 Å². The lowest BCUT2D eigenvalue weighted by atomic mass is 9.68. The molecule has 0 aliphatic heterocycles. The van der Waals surface area contributed by atoms with Crippen molar-refractivity contribution >= 4 is 5.78 Å². The third-order valence-corrected chi connectivity index (χ3v) is 3.35. The molecule has 0 spiro atoms. The molecule has 1 aromatic carbocycles. The second-order valence-electron chi connectivity index (χ2n) is 4.94. The van der Waals surface area contributed by atoms with E-state index in [4.69, 9.17) is 0 Å². The predicted octanol–water partition coefficient (Wildman–Crippen LogP) is 4.14. The summed E-state index contributed by atoms with van der Waals surface area (Å²) < 4.78 is 0. The number of hydrogen-bond acceptors (Lipinski definition) is 1. The standard InChI is InChI=1S/C16H22O/c1-5-11-16(13(2)3,12-14(4)17)15-9-7-6-8-10-15/h5-11,13H,12H2,1-4H3/b11-5+/t16-/m0/s1. The second-order valence-corrected chi connectivity index (χ2v) is 4.94. The number of carbonyl (C=O) groups is 1. The summed E-state index contributed by atoms with van der Waals surface area (Å²) >= 11 is 0. The zero-order valence-electron chi connectivity index (χ0n) is 11.2. The van der Waals surface area contributed by atoms with Gasteiger partial charge < -0.3 is 0 Å². The van der Waals surface area contributed by atoms with E-state index in [-0.39, 0.29) is 11.2 Å². The Hall–Kier alpha value is -1.37. The van der Waals surface area contributed by atoms with Crippen LogP contribution in [0.4, 0.5) is 0 Å². The smallest absolute Gasteiger partial charge is 0.131 e. The minimum absolute atomic E-state index is 0.165. The largest absolute Gasteiger partial charge is 0.300 e. The van der Waals surface area contributed by atoms with E-state index in [1.54, 1.807) is 6.92 Å². The van der Waals surface area contributed by atoms with Crippen LogP contribution in [-0.2, 0) is 10.2 Å². The highest BCUT2D eigenvalue weighted by molar-refractivity contribution is 5.77. The number of Topliss-reactive ketones (excluding diaryl/α,β-unsaturated/α-hetero) is 1. The number of hydrogen-bond donors (Lipinski definition) is 0. The third-order valence-electron chi connectivity index (χ3n) is 3.35. The fourth-order valence-corrected chi connectivity index (χ4v) is 2.44. The van der Waals surface area contributed by atoms with Gasteiger partial charge in [-0.2, -0.15) is 0 Å². The Morgan fingerprint density at radius 1 is 1.29 bits per heavy atom. The van der Waals surface area contributed by atoms with E-state index in [1.165, 1.54) is 5.56 Å². The lowest BCUT2D eigenvalue weighted by molar-refractivity contribution is -0.118. The number of rotatable bonds is 5. The van der Waals surface area contributed by atoms with E-state index >= 15 is 0 Å². The van der Waals surface area contributed by atoms with Crippen molar-refractivity contribution in [2.45, 2.75) is 39.5 Å². The van der Waals surface area contributed by atoms with Crippen LogP contribution in [0.2, 0.25) is 0 Å². The Morgan fingerprint density at radius 2 is 1.88 bits per heavy atom. The molecule has 0 aromatic heterocycles. The van der Waals surface area contributed by atoms with Crippen molar-refractivity contribution in [1.82, 2.24) is 0 Å². The van der Waals surface area contributed by atoms with Crippen LogP contribution in [0, 0.1) is 5.92 Å². The summed E-state index contributed by atoms with van der Waals surface area (Å²) in [7, 11) is 0. The average molecular weight is 230 g/mol. The molecule has 1 aromatic rings. The third kappa shape index (κ3) is 3.06. The van der Waals surface area contributed by atoms with Gasteiger partial charge in [-0.3, -0.25) is 4.79 Å². The first-order chi connectivity index (χ1) is 8.03. The summed E-state index contributed by atoms with van der Waals surface area (Å²) in [5.74, 6) is 0.630. The van der Waals surface area contributed by atoms with E-state index < -0.39 is 0 Å². The molecule has 1 nitrogen and oxygen atoms in total. The first-order valence-electron chi connectivity index (χ1n) is 6.21. The molecule has 0 amide bonds. The Bertz CT molecular complexity index is 389. The van der Waals surface area contributed by atoms with Crippen molar-refractivity contribution in [2.24, 2.45) is 5.92 Å². The highest BCUT2D eigenvalue weighted by Gasteiger charge is 2.33. The number of carbonyl (C=O) groups excluding carboxylic acids is 1. The van der Waals surface area contributed by atoms with Crippen LogP contribution in [0.5, 0.6) is 0 Å². The molecule has 0 saturated carbocycles. The summed E-state index contributed by atoms with van der Waals surface area (Å²) in [6, 6.07) is 10.3. The molecule has 0 bridgehead atoms. The normalized spacial score (nSPS) is 15.1. The number of ketones is 1. The zero-order chi connectivity index (χ0) is 12.9. The molecule has 1 rings (SSSR count). The molecule has 0 radical (unpaired) electrons. The van der Waals surface area contributed by atoms with Crippen LogP contribution >= 0.6 is 0 Å². The molecule has 92 valence electrons. The van der Waals surface area contributed by atoms with Gasteiger partial charge >= 0.3 is 0 Å². The fraction of sp³-hybridized carbons (Fsp3) is 0.438. The first-order valence-corrected chi connectivity index (χ1v) is 6.21. The Balaban J connectivity index is 3.29. The van der Waals surface area contributed by atoms with Crippen molar-refractivity contribution in [2.75, 3.05) is 0 Å². The lowest BCUT2D eigenvalue weighted by Gasteiger charge is -2.35. The molecule has 0 fully saturated rings. The minimum Gasteiger partial charge on any atom is -0.300 e. The van der Waals surface area contributed by atoms with Crippen molar-refractivity contribution in [3.05, 3.63) is 48.0 Å². The highest BCUT2D eigenvalue weighted by Crippen LogP contribution is 2.37. The lowest BCUT2D eigenvalue weighted by Crippen LogP contribution is -2.32. The van der Waals surface area contributed by atoms with Gasteiger partial charge in [0.2, 0.25) is 0 Å². The van der Waals surface area contributed by atoms with Gasteiger partial charge in [0.25, 0.3) is 0 Å². The molecule has 0 aliphatic carbocycles. The summed E-state index contributed by atoms with van der Waals surface area (Å²) in [4.78, 5) is 11.6. The highest BCUT2D eigenvalue weighted by atomic mass is 16.1. The van der Waals surface area contributed by atoms with Crippen LogP contribution < -0.4 is 0 Å². The van der Waals surface area contributed by atoms with Gasteiger partial charge in [0.05, 0.1) is 0 Å². The maximum absolute atomic E-state index is 11.6. The number of allylic oxidation sites excluding steroid dienone is 2. The van der Waals surface area contributed by atoms with Crippen LogP contribution in [0.1, 0.15) is 39.7 Å². The maximum Gasteiger partial charge on any atom is 0.131 e. The summed E-state index contributed by atoms with van der Waals surface area (Å²) in [5.41, 5.74) is 1.06. The predicted molar refractivity (Wildman–Crippen MR) is 73.1 cm³/mol. The van der Waals surface area contributed by atoms with Crippen molar-refractivity contribution in [3.8, 4) is 0 Å². The molecule has 17 heavy (non-hydrogen) atoms. The molecule has 0 N–H and O–H groups in total. The van der Waals surface area contributed by atoms with Gasteiger partial charge in [-0.15, -0.1) is 0 Å². The van der Waals surface area contributed by atoms with Gasteiger partial charge in [-0.25, -0.2) is 0 Å². The van der Waals surface area contributed by atoms with Gasteiger partial charge in [-0.05, 0) is 25.3 Å². The van der Waals surface area contributed by atoms with Gasteiger partial charge in [0.1, 0.15) is 5.78 Å². The topological polar surface area (TPSA) is 17.1 Å². The van der Waals surface area contributed by atoms with E-state index in [0.29, 0.717) is 12.3 Å². The van der Waals surface area contributed by atoms with Crippen LogP contribution in [0.25, 0.3) is 0 Å².